The van der Waals surface area contributed by atoms with Gasteiger partial charge < -0.3 is 10.1 Å². The van der Waals surface area contributed by atoms with Crippen molar-refractivity contribution in [1.29, 1.82) is 0 Å². The largest absolute Gasteiger partial charge is 0.380 e. The van der Waals surface area contributed by atoms with Crippen LogP contribution in [0.15, 0.2) is 46.9 Å². The summed E-state index contributed by atoms with van der Waals surface area (Å²) in [5.74, 6) is -0.197. The van der Waals surface area contributed by atoms with Crippen molar-refractivity contribution >= 4 is 39.1 Å². The number of hydrogen-bond donors (Lipinski definition) is 1. The molecule has 0 aliphatic heterocycles. The van der Waals surface area contributed by atoms with Crippen LogP contribution >= 0.6 is 27.5 Å². The van der Waals surface area contributed by atoms with E-state index in [2.05, 4.69) is 21.2 Å². The molecule has 0 unspecified atom stereocenters. The van der Waals surface area contributed by atoms with Crippen LogP contribution in [0.3, 0.4) is 0 Å². The highest BCUT2D eigenvalue weighted by molar-refractivity contribution is 9.10. The number of amides is 1. The van der Waals surface area contributed by atoms with Crippen molar-refractivity contribution in [3.63, 3.8) is 0 Å². The summed E-state index contributed by atoms with van der Waals surface area (Å²) < 4.78 is 5.78. The normalized spacial score (nSPS) is 10.3. The summed E-state index contributed by atoms with van der Waals surface area (Å²) in [6, 6.07) is 12.6. The topological polar surface area (TPSA) is 38.3 Å². The first-order chi connectivity index (χ1) is 9.61. The van der Waals surface area contributed by atoms with Crippen LogP contribution in [-0.4, -0.2) is 13.0 Å². The molecule has 1 amide bonds. The van der Waals surface area contributed by atoms with E-state index in [4.69, 9.17) is 16.3 Å². The van der Waals surface area contributed by atoms with Crippen LogP contribution in [0.25, 0.3) is 0 Å². The molecule has 104 valence electrons. The Hall–Kier alpha value is -1.36. The molecule has 0 atom stereocenters. The first-order valence-electron chi connectivity index (χ1n) is 5.95. The Morgan fingerprint density at radius 3 is 2.75 bits per heavy atom. The van der Waals surface area contributed by atoms with Gasteiger partial charge in [0, 0.05) is 27.9 Å². The molecule has 3 nitrogen and oxygen atoms in total. The lowest BCUT2D eigenvalue weighted by Gasteiger charge is -2.11. The first-order valence-corrected chi connectivity index (χ1v) is 7.12. The van der Waals surface area contributed by atoms with Crippen LogP contribution in [0.5, 0.6) is 0 Å². The zero-order valence-corrected chi connectivity index (χ0v) is 13.2. The maximum atomic E-state index is 12.3. The number of hydrogen-bond acceptors (Lipinski definition) is 2. The predicted molar refractivity (Wildman–Crippen MR) is 84.3 cm³/mol. The second-order valence-electron chi connectivity index (χ2n) is 4.17. The molecule has 5 heteroatoms. The van der Waals surface area contributed by atoms with E-state index in [1.54, 1.807) is 25.3 Å². The molecule has 0 aliphatic rings. The minimum Gasteiger partial charge on any atom is -0.380 e. The SMILES string of the molecule is COCc1ccccc1NC(=O)c1ccc(Cl)cc1Br. The molecule has 2 aromatic carbocycles. The molecular weight excluding hydrogens is 342 g/mol. The predicted octanol–water partition coefficient (Wildman–Crippen LogP) is 4.50. The Morgan fingerprint density at radius 1 is 1.30 bits per heavy atom. The molecule has 0 spiro atoms. The summed E-state index contributed by atoms with van der Waals surface area (Å²) in [4.78, 5) is 12.3. The first kappa shape index (κ1) is 15.0. The summed E-state index contributed by atoms with van der Waals surface area (Å²) in [6.07, 6.45) is 0. The third kappa shape index (κ3) is 3.60. The Kier molecular flexibility index (Phi) is 5.17. The molecule has 0 saturated carbocycles. The fourth-order valence-corrected chi connectivity index (χ4v) is 2.65. The standard InChI is InChI=1S/C15H13BrClNO2/c1-20-9-10-4-2-3-5-14(10)18-15(19)12-7-6-11(17)8-13(12)16/h2-8H,9H2,1H3,(H,18,19). The third-order valence-electron chi connectivity index (χ3n) is 2.74. The Balaban J connectivity index is 2.23. The highest BCUT2D eigenvalue weighted by Crippen LogP contribution is 2.23. The van der Waals surface area contributed by atoms with Gasteiger partial charge >= 0.3 is 0 Å². The fraction of sp³-hybridized carbons (Fsp3) is 0.133. The van der Waals surface area contributed by atoms with Crippen LogP contribution in [0.4, 0.5) is 5.69 Å². The van der Waals surface area contributed by atoms with Gasteiger partial charge in [0.1, 0.15) is 0 Å². The van der Waals surface area contributed by atoms with Crippen LogP contribution in [0.2, 0.25) is 5.02 Å². The van der Waals surface area contributed by atoms with Crippen LogP contribution < -0.4 is 5.32 Å². The highest BCUT2D eigenvalue weighted by Gasteiger charge is 2.12. The maximum Gasteiger partial charge on any atom is 0.256 e. The second kappa shape index (κ2) is 6.88. The lowest BCUT2D eigenvalue weighted by Crippen LogP contribution is -2.14. The van der Waals surface area contributed by atoms with E-state index in [1.165, 1.54) is 0 Å². The molecule has 0 fully saturated rings. The van der Waals surface area contributed by atoms with Gasteiger partial charge in [0.2, 0.25) is 0 Å². The van der Waals surface area contributed by atoms with E-state index >= 15 is 0 Å². The van der Waals surface area contributed by atoms with Crippen molar-refractivity contribution in [3.8, 4) is 0 Å². The van der Waals surface area contributed by atoms with E-state index < -0.39 is 0 Å². The van der Waals surface area contributed by atoms with Crippen molar-refractivity contribution in [3.05, 3.63) is 63.1 Å². The second-order valence-corrected chi connectivity index (χ2v) is 5.46. The number of ether oxygens (including phenoxy) is 1. The molecule has 0 bridgehead atoms. The number of para-hydroxylation sites is 1. The molecule has 2 aromatic rings. The van der Waals surface area contributed by atoms with E-state index in [0.717, 1.165) is 11.3 Å². The Morgan fingerprint density at radius 2 is 2.05 bits per heavy atom. The summed E-state index contributed by atoms with van der Waals surface area (Å²) in [5.41, 5.74) is 2.19. The Bertz CT molecular complexity index is 631. The number of carbonyl (C=O) groups excluding carboxylic acids is 1. The van der Waals surface area contributed by atoms with Gasteiger partial charge in [-0.05, 0) is 40.2 Å². The number of nitrogens with one attached hydrogen (secondary N) is 1. The van der Waals surface area contributed by atoms with Gasteiger partial charge in [-0.15, -0.1) is 0 Å². The van der Waals surface area contributed by atoms with E-state index in [0.29, 0.717) is 21.7 Å². The number of carbonyl (C=O) groups is 1. The summed E-state index contributed by atoms with van der Waals surface area (Å²) in [7, 11) is 1.62. The third-order valence-corrected chi connectivity index (χ3v) is 3.63. The molecular formula is C15H13BrClNO2. The monoisotopic (exact) mass is 353 g/mol. The number of rotatable bonds is 4. The maximum absolute atomic E-state index is 12.3. The zero-order valence-electron chi connectivity index (χ0n) is 10.8. The van der Waals surface area contributed by atoms with E-state index in [-0.39, 0.29) is 5.91 Å². The average Bonchev–Trinajstić information content (AvgIpc) is 2.41. The van der Waals surface area contributed by atoms with Gasteiger partial charge in [-0.3, -0.25) is 4.79 Å². The van der Waals surface area contributed by atoms with Crippen molar-refractivity contribution < 1.29 is 9.53 Å². The van der Waals surface area contributed by atoms with Crippen LogP contribution in [0, 0.1) is 0 Å². The number of halogens is 2. The lowest BCUT2D eigenvalue weighted by molar-refractivity contribution is 0.102. The van der Waals surface area contributed by atoms with Gasteiger partial charge in [0.05, 0.1) is 12.2 Å². The molecule has 20 heavy (non-hydrogen) atoms. The summed E-state index contributed by atoms with van der Waals surface area (Å²) in [6.45, 7) is 0.443. The van der Waals surface area contributed by atoms with Gasteiger partial charge in [0.15, 0.2) is 0 Å². The minimum atomic E-state index is -0.197. The minimum absolute atomic E-state index is 0.197. The summed E-state index contributed by atoms with van der Waals surface area (Å²) >= 11 is 9.21. The quantitative estimate of drug-likeness (QED) is 0.878. The van der Waals surface area contributed by atoms with E-state index in [1.807, 2.05) is 24.3 Å². The van der Waals surface area contributed by atoms with E-state index in [9.17, 15) is 4.79 Å². The highest BCUT2D eigenvalue weighted by atomic mass is 79.9. The lowest BCUT2D eigenvalue weighted by atomic mass is 10.1. The van der Waals surface area contributed by atoms with Crippen molar-refractivity contribution in [1.82, 2.24) is 0 Å². The Labute approximate surface area is 131 Å². The molecule has 1 N–H and O–H groups in total. The zero-order chi connectivity index (χ0) is 14.5. The molecule has 0 heterocycles. The van der Waals surface area contributed by atoms with Crippen molar-refractivity contribution in [2.24, 2.45) is 0 Å². The van der Waals surface area contributed by atoms with Crippen molar-refractivity contribution in [2.45, 2.75) is 6.61 Å². The van der Waals surface area contributed by atoms with Gasteiger partial charge in [-0.25, -0.2) is 0 Å². The molecule has 0 aliphatic carbocycles. The van der Waals surface area contributed by atoms with Crippen molar-refractivity contribution in [2.75, 3.05) is 12.4 Å². The fourth-order valence-electron chi connectivity index (χ4n) is 1.79. The smallest absolute Gasteiger partial charge is 0.256 e. The van der Waals surface area contributed by atoms with Crippen LogP contribution in [0.1, 0.15) is 15.9 Å². The molecule has 0 radical (unpaired) electrons. The summed E-state index contributed by atoms with van der Waals surface area (Å²) in [5, 5.41) is 3.46. The van der Waals surface area contributed by atoms with Gasteiger partial charge in [-0.2, -0.15) is 0 Å². The number of benzene rings is 2. The van der Waals surface area contributed by atoms with Crippen LogP contribution in [-0.2, 0) is 11.3 Å². The average molecular weight is 355 g/mol. The number of methoxy groups -OCH3 is 1. The number of anilines is 1. The molecule has 2 rings (SSSR count). The molecule has 0 saturated heterocycles. The van der Waals surface area contributed by atoms with Gasteiger partial charge in [-0.1, -0.05) is 29.8 Å². The molecule has 0 aromatic heterocycles. The van der Waals surface area contributed by atoms with Gasteiger partial charge in [0.25, 0.3) is 5.91 Å².